The molecule has 176 valence electrons. The van der Waals surface area contributed by atoms with Gasteiger partial charge in [-0.05, 0) is 48.7 Å². The van der Waals surface area contributed by atoms with E-state index in [2.05, 4.69) is 15.2 Å². The molecule has 0 amide bonds. The molecule has 2 aromatic carbocycles. The van der Waals surface area contributed by atoms with E-state index in [1.54, 1.807) is 25.3 Å². The summed E-state index contributed by atoms with van der Waals surface area (Å²) in [4.78, 5) is 18.5. The van der Waals surface area contributed by atoms with Gasteiger partial charge in [-0.15, -0.1) is 0 Å². The lowest BCUT2D eigenvalue weighted by atomic mass is 10.0. The van der Waals surface area contributed by atoms with Gasteiger partial charge in [0.25, 0.3) is 6.01 Å². The molecule has 1 fully saturated rings. The number of carbonyl (C=O) groups is 1. The quantitative estimate of drug-likeness (QED) is 0.482. The number of nitrogens with zero attached hydrogens (tertiary/aromatic N) is 2. The van der Waals surface area contributed by atoms with Crippen molar-refractivity contribution in [3.05, 3.63) is 47.5 Å². The fourth-order valence-electron chi connectivity index (χ4n) is 3.98. The van der Waals surface area contributed by atoms with E-state index in [0.29, 0.717) is 34.2 Å². The zero-order valence-electron chi connectivity index (χ0n) is 18.8. The van der Waals surface area contributed by atoms with Crippen LogP contribution in [0.4, 0.5) is 10.4 Å². The van der Waals surface area contributed by atoms with Crippen molar-refractivity contribution in [3.8, 4) is 11.5 Å². The van der Waals surface area contributed by atoms with Gasteiger partial charge in [0.1, 0.15) is 18.8 Å². The lowest BCUT2D eigenvalue weighted by molar-refractivity contribution is 0.0601. The van der Waals surface area contributed by atoms with E-state index in [0.717, 1.165) is 38.0 Å². The Balaban J connectivity index is 1.32. The summed E-state index contributed by atoms with van der Waals surface area (Å²) in [6.07, 6.45) is 1.88. The number of halogens is 1. The lowest BCUT2D eigenvalue weighted by Crippen LogP contribution is -2.38. The Bertz CT molecular complexity index is 1090. The monoisotopic (exact) mass is 457 g/mol. The summed E-state index contributed by atoms with van der Waals surface area (Å²) in [6.45, 7) is 2.08. The van der Waals surface area contributed by atoms with Gasteiger partial charge >= 0.3 is 5.97 Å². The van der Waals surface area contributed by atoms with Crippen LogP contribution in [-0.4, -0.2) is 62.5 Å². The summed E-state index contributed by atoms with van der Waals surface area (Å²) in [7, 11) is 2.92. The van der Waals surface area contributed by atoms with E-state index in [1.807, 2.05) is 18.2 Å². The highest BCUT2D eigenvalue weighted by Gasteiger charge is 2.21. The van der Waals surface area contributed by atoms with Crippen molar-refractivity contribution in [2.75, 3.05) is 45.9 Å². The van der Waals surface area contributed by atoms with E-state index in [-0.39, 0.29) is 12.6 Å². The smallest absolute Gasteiger partial charge is 0.337 e. The Hall–Kier alpha value is -3.33. The standard InChI is InChI=1S/C24H28FN3O5/c1-30-21-5-3-16(13-22(21)32-12-9-25)15-28-10-7-18(8-11-28)26-24-27-19-14-17(23(29)31-2)4-6-20(19)33-24/h3-6,13-14,18H,7-12,15H2,1-2H3,(H,26,27). The second kappa shape index (κ2) is 10.5. The number of rotatable bonds is 9. The van der Waals surface area contributed by atoms with Gasteiger partial charge in [0.2, 0.25) is 0 Å². The lowest BCUT2D eigenvalue weighted by Gasteiger charge is -2.32. The molecule has 3 aromatic rings. The third kappa shape index (κ3) is 5.54. The van der Waals surface area contributed by atoms with Crippen LogP contribution in [-0.2, 0) is 11.3 Å². The zero-order valence-corrected chi connectivity index (χ0v) is 18.8. The van der Waals surface area contributed by atoms with Crippen LogP contribution in [0.1, 0.15) is 28.8 Å². The van der Waals surface area contributed by atoms with Crippen LogP contribution < -0.4 is 14.8 Å². The van der Waals surface area contributed by atoms with Crippen molar-refractivity contribution in [3.63, 3.8) is 0 Å². The zero-order chi connectivity index (χ0) is 23.2. The van der Waals surface area contributed by atoms with Crippen molar-refractivity contribution in [1.82, 2.24) is 9.88 Å². The number of hydrogen-bond acceptors (Lipinski definition) is 8. The van der Waals surface area contributed by atoms with Crippen molar-refractivity contribution in [1.29, 1.82) is 0 Å². The van der Waals surface area contributed by atoms with Crippen LogP contribution in [0.15, 0.2) is 40.8 Å². The molecule has 0 unspecified atom stereocenters. The van der Waals surface area contributed by atoms with E-state index < -0.39 is 12.6 Å². The first-order chi connectivity index (χ1) is 16.1. The molecule has 0 aliphatic carbocycles. The number of nitrogens with one attached hydrogen (secondary N) is 1. The average molecular weight is 458 g/mol. The maximum atomic E-state index is 12.5. The number of ether oxygens (including phenoxy) is 3. The van der Waals surface area contributed by atoms with Gasteiger partial charge < -0.3 is 23.9 Å². The molecule has 9 heteroatoms. The first-order valence-corrected chi connectivity index (χ1v) is 10.9. The molecule has 0 bridgehead atoms. The van der Waals surface area contributed by atoms with E-state index in [1.165, 1.54) is 7.11 Å². The van der Waals surface area contributed by atoms with Crippen LogP contribution in [0.5, 0.6) is 11.5 Å². The van der Waals surface area contributed by atoms with Gasteiger partial charge in [0.15, 0.2) is 17.1 Å². The molecule has 4 rings (SSSR count). The van der Waals surface area contributed by atoms with Crippen LogP contribution in [0.25, 0.3) is 11.1 Å². The van der Waals surface area contributed by atoms with Gasteiger partial charge in [0.05, 0.1) is 19.8 Å². The summed E-state index contributed by atoms with van der Waals surface area (Å²) in [6, 6.07) is 11.5. The van der Waals surface area contributed by atoms with Crippen LogP contribution in [0.3, 0.4) is 0 Å². The molecule has 2 heterocycles. The number of likely N-dealkylation sites (tertiary alicyclic amines) is 1. The predicted molar refractivity (Wildman–Crippen MR) is 122 cm³/mol. The molecular weight excluding hydrogens is 429 g/mol. The van der Waals surface area contributed by atoms with Crippen LogP contribution in [0.2, 0.25) is 0 Å². The summed E-state index contributed by atoms with van der Waals surface area (Å²) in [5, 5.41) is 3.37. The van der Waals surface area contributed by atoms with Crippen molar-refractivity contribution in [2.45, 2.75) is 25.4 Å². The van der Waals surface area contributed by atoms with Crippen molar-refractivity contribution < 1.29 is 27.8 Å². The Kier molecular flexibility index (Phi) is 7.29. The summed E-state index contributed by atoms with van der Waals surface area (Å²) in [5.41, 5.74) is 2.77. The first-order valence-electron chi connectivity index (χ1n) is 10.9. The van der Waals surface area contributed by atoms with E-state index in [4.69, 9.17) is 18.6 Å². The Labute approximate surface area is 191 Å². The van der Waals surface area contributed by atoms with E-state index in [9.17, 15) is 9.18 Å². The van der Waals surface area contributed by atoms with Crippen LogP contribution in [0, 0.1) is 0 Å². The number of fused-ring (bicyclic) bond motifs is 1. The van der Waals surface area contributed by atoms with Gasteiger partial charge in [-0.1, -0.05) is 6.07 Å². The number of anilines is 1. The Morgan fingerprint density at radius 3 is 2.73 bits per heavy atom. The molecule has 1 N–H and O–H groups in total. The molecule has 33 heavy (non-hydrogen) atoms. The second-order valence-corrected chi connectivity index (χ2v) is 7.91. The highest BCUT2D eigenvalue weighted by molar-refractivity contribution is 5.93. The van der Waals surface area contributed by atoms with Crippen molar-refractivity contribution in [2.24, 2.45) is 0 Å². The number of esters is 1. The minimum absolute atomic E-state index is 0.0106. The number of carbonyl (C=O) groups excluding carboxylic acids is 1. The Morgan fingerprint density at radius 2 is 2.00 bits per heavy atom. The summed E-state index contributed by atoms with van der Waals surface area (Å²) < 4.78 is 33.8. The number of oxazole rings is 1. The number of methoxy groups -OCH3 is 2. The predicted octanol–water partition coefficient (Wildman–Crippen LogP) is 4.05. The van der Waals surface area contributed by atoms with Gasteiger partial charge in [-0.2, -0.15) is 4.98 Å². The molecule has 0 radical (unpaired) electrons. The number of hydrogen-bond donors (Lipinski definition) is 1. The first kappa shape index (κ1) is 22.8. The highest BCUT2D eigenvalue weighted by atomic mass is 19.1. The average Bonchev–Trinajstić information content (AvgIpc) is 3.25. The summed E-state index contributed by atoms with van der Waals surface area (Å²) in [5.74, 6) is 0.766. The molecular formula is C24H28FN3O5. The summed E-state index contributed by atoms with van der Waals surface area (Å²) >= 11 is 0. The number of piperidine rings is 1. The molecule has 1 aliphatic heterocycles. The topological polar surface area (TPSA) is 86.1 Å². The molecule has 8 nitrogen and oxygen atoms in total. The minimum atomic E-state index is -0.541. The third-order valence-corrected chi connectivity index (χ3v) is 5.69. The van der Waals surface area contributed by atoms with Gasteiger partial charge in [0, 0.05) is 25.7 Å². The molecule has 1 saturated heterocycles. The van der Waals surface area contributed by atoms with Gasteiger partial charge in [-0.3, -0.25) is 4.90 Å². The number of alkyl halides is 1. The normalized spacial score (nSPS) is 14.9. The number of benzene rings is 2. The maximum Gasteiger partial charge on any atom is 0.337 e. The fourth-order valence-corrected chi connectivity index (χ4v) is 3.98. The van der Waals surface area contributed by atoms with Crippen LogP contribution >= 0.6 is 0 Å². The molecule has 1 aliphatic rings. The molecule has 0 spiro atoms. The number of aromatic nitrogens is 1. The maximum absolute atomic E-state index is 12.5. The van der Waals surface area contributed by atoms with E-state index >= 15 is 0 Å². The molecule has 0 atom stereocenters. The molecule has 0 saturated carbocycles. The Morgan fingerprint density at radius 1 is 1.18 bits per heavy atom. The third-order valence-electron chi connectivity index (χ3n) is 5.69. The largest absolute Gasteiger partial charge is 0.493 e. The minimum Gasteiger partial charge on any atom is -0.493 e. The van der Waals surface area contributed by atoms with Gasteiger partial charge in [-0.25, -0.2) is 9.18 Å². The second-order valence-electron chi connectivity index (χ2n) is 7.91. The highest BCUT2D eigenvalue weighted by Crippen LogP contribution is 2.29. The van der Waals surface area contributed by atoms with Crippen molar-refractivity contribution >= 4 is 23.1 Å². The molecule has 1 aromatic heterocycles. The fraction of sp³-hybridized carbons (Fsp3) is 0.417. The SMILES string of the molecule is COC(=O)c1ccc2oc(NC3CCN(Cc4ccc(OC)c(OCCF)c4)CC3)nc2c1.